The minimum atomic E-state index is -0.600. The molecule has 3 rings (SSSR count). The van der Waals surface area contributed by atoms with Crippen LogP contribution in [0.25, 0.3) is 0 Å². The van der Waals surface area contributed by atoms with E-state index in [1.165, 1.54) is 18.2 Å². The number of aryl methyl sites for hydroxylation is 1. The van der Waals surface area contributed by atoms with Crippen LogP contribution < -0.4 is 4.74 Å². The fourth-order valence-electron chi connectivity index (χ4n) is 2.36. The molecular formula is C16H12ClFO2. The molecule has 2 nitrogen and oxygen atoms in total. The maximum Gasteiger partial charge on any atom is 0.197 e. The third kappa shape index (κ3) is 2.29. The van der Waals surface area contributed by atoms with Crippen molar-refractivity contribution >= 4 is 17.4 Å². The van der Waals surface area contributed by atoms with E-state index < -0.39 is 11.6 Å². The van der Waals surface area contributed by atoms with Gasteiger partial charge in [0.1, 0.15) is 11.6 Å². The van der Waals surface area contributed by atoms with Gasteiger partial charge >= 0.3 is 0 Å². The van der Waals surface area contributed by atoms with Crippen molar-refractivity contribution in [2.45, 2.75) is 12.8 Å². The Bertz CT molecular complexity index is 662. The quantitative estimate of drug-likeness (QED) is 0.781. The lowest BCUT2D eigenvalue weighted by Gasteiger charge is -2.17. The van der Waals surface area contributed by atoms with Crippen molar-refractivity contribution in [3.63, 3.8) is 0 Å². The van der Waals surface area contributed by atoms with Crippen LogP contribution in [0.5, 0.6) is 5.75 Å². The Labute approximate surface area is 121 Å². The van der Waals surface area contributed by atoms with Gasteiger partial charge in [-0.3, -0.25) is 4.79 Å². The maximum absolute atomic E-state index is 13.8. The topological polar surface area (TPSA) is 26.3 Å². The van der Waals surface area contributed by atoms with Crippen LogP contribution in [0, 0.1) is 5.82 Å². The first-order chi connectivity index (χ1) is 9.66. The molecule has 0 unspecified atom stereocenters. The average molecular weight is 291 g/mol. The molecule has 0 atom stereocenters. The van der Waals surface area contributed by atoms with Crippen LogP contribution >= 0.6 is 11.6 Å². The first kappa shape index (κ1) is 13.1. The van der Waals surface area contributed by atoms with Crippen molar-refractivity contribution in [2.75, 3.05) is 6.61 Å². The van der Waals surface area contributed by atoms with Crippen molar-refractivity contribution in [3.8, 4) is 5.75 Å². The molecule has 0 aromatic heterocycles. The van der Waals surface area contributed by atoms with Crippen molar-refractivity contribution in [3.05, 3.63) is 63.9 Å². The Hall–Kier alpha value is -1.87. The second kappa shape index (κ2) is 5.25. The molecule has 0 bridgehead atoms. The molecule has 0 saturated carbocycles. The number of rotatable bonds is 2. The van der Waals surface area contributed by atoms with Gasteiger partial charge < -0.3 is 4.74 Å². The summed E-state index contributed by atoms with van der Waals surface area (Å²) in [6, 6.07) is 9.40. The number of benzene rings is 2. The van der Waals surface area contributed by atoms with E-state index in [4.69, 9.17) is 16.3 Å². The predicted octanol–water partition coefficient (Wildman–Crippen LogP) is 4.04. The van der Waals surface area contributed by atoms with Crippen molar-refractivity contribution < 1.29 is 13.9 Å². The fourth-order valence-corrected chi connectivity index (χ4v) is 2.61. The first-order valence-electron chi connectivity index (χ1n) is 6.41. The molecule has 0 saturated heterocycles. The highest BCUT2D eigenvalue weighted by Gasteiger charge is 2.19. The average Bonchev–Trinajstić information content (AvgIpc) is 2.46. The van der Waals surface area contributed by atoms with E-state index in [2.05, 4.69) is 0 Å². The van der Waals surface area contributed by atoms with Crippen molar-refractivity contribution in [1.82, 2.24) is 0 Å². The third-order valence-corrected chi connectivity index (χ3v) is 3.68. The van der Waals surface area contributed by atoms with Crippen molar-refractivity contribution in [2.24, 2.45) is 0 Å². The van der Waals surface area contributed by atoms with Gasteiger partial charge in [-0.15, -0.1) is 0 Å². The van der Waals surface area contributed by atoms with Crippen LogP contribution in [0.4, 0.5) is 4.39 Å². The van der Waals surface area contributed by atoms with Crippen LogP contribution in [-0.2, 0) is 6.42 Å². The molecule has 20 heavy (non-hydrogen) atoms. The number of hydrogen-bond acceptors (Lipinski definition) is 2. The van der Waals surface area contributed by atoms with E-state index in [1.807, 2.05) is 0 Å². The minimum Gasteiger partial charge on any atom is -0.493 e. The Balaban J connectivity index is 2.03. The number of carbonyl (C=O) groups is 1. The van der Waals surface area contributed by atoms with Gasteiger partial charge in [0.15, 0.2) is 5.78 Å². The number of ether oxygens (including phenoxy) is 1. The fraction of sp³-hybridized carbons (Fsp3) is 0.188. The minimum absolute atomic E-state index is 0.0779. The molecule has 2 aromatic carbocycles. The van der Waals surface area contributed by atoms with Crippen molar-refractivity contribution in [1.29, 1.82) is 0 Å². The summed E-state index contributed by atoms with van der Waals surface area (Å²) in [5, 5.41) is 0.129. The number of ketones is 1. The zero-order valence-corrected chi connectivity index (χ0v) is 11.4. The number of carbonyl (C=O) groups excluding carboxylic acids is 1. The van der Waals surface area contributed by atoms with E-state index in [1.54, 1.807) is 18.2 Å². The molecule has 0 fully saturated rings. The highest BCUT2D eigenvalue weighted by atomic mass is 35.5. The van der Waals surface area contributed by atoms with Crippen LogP contribution in [0.3, 0.4) is 0 Å². The molecule has 0 N–H and O–H groups in total. The summed E-state index contributed by atoms with van der Waals surface area (Å²) in [5.41, 5.74) is 1.33. The molecule has 0 radical (unpaired) electrons. The molecule has 1 heterocycles. The second-order valence-electron chi connectivity index (χ2n) is 4.70. The van der Waals surface area contributed by atoms with Crippen LogP contribution in [0.1, 0.15) is 27.9 Å². The Morgan fingerprint density at radius 3 is 2.90 bits per heavy atom. The van der Waals surface area contributed by atoms with Gasteiger partial charge in [0, 0.05) is 5.56 Å². The summed E-state index contributed by atoms with van der Waals surface area (Å²) < 4.78 is 19.3. The summed E-state index contributed by atoms with van der Waals surface area (Å²) in [5.74, 6) is -0.203. The highest BCUT2D eigenvalue weighted by Crippen LogP contribution is 2.28. The van der Waals surface area contributed by atoms with E-state index in [9.17, 15) is 9.18 Å². The second-order valence-corrected chi connectivity index (χ2v) is 5.11. The highest BCUT2D eigenvalue weighted by molar-refractivity contribution is 6.35. The Morgan fingerprint density at radius 1 is 1.25 bits per heavy atom. The molecule has 2 aromatic rings. The van der Waals surface area contributed by atoms with E-state index in [-0.39, 0.29) is 10.6 Å². The number of fused-ring (bicyclic) bond motifs is 1. The van der Waals surface area contributed by atoms with Crippen LogP contribution in [0.15, 0.2) is 36.4 Å². The zero-order valence-electron chi connectivity index (χ0n) is 10.7. The Morgan fingerprint density at radius 2 is 2.10 bits per heavy atom. The number of hydrogen-bond donors (Lipinski definition) is 0. The lowest BCUT2D eigenvalue weighted by molar-refractivity contribution is 0.103. The van der Waals surface area contributed by atoms with Gasteiger partial charge in [-0.25, -0.2) is 4.39 Å². The SMILES string of the molecule is O=C(c1ccc2c(c1)CCCO2)c1c(F)cccc1Cl. The number of halogens is 2. The van der Waals surface area contributed by atoms with Gasteiger partial charge in [0.25, 0.3) is 0 Å². The van der Waals surface area contributed by atoms with Gasteiger partial charge in [-0.1, -0.05) is 17.7 Å². The zero-order chi connectivity index (χ0) is 14.1. The van der Waals surface area contributed by atoms with Gasteiger partial charge in [-0.05, 0) is 48.7 Å². The molecule has 0 amide bonds. The summed E-state index contributed by atoms with van der Waals surface area (Å²) in [6.45, 7) is 0.694. The molecule has 4 heteroatoms. The van der Waals surface area contributed by atoms with E-state index in [0.717, 1.165) is 24.2 Å². The summed E-state index contributed by atoms with van der Waals surface area (Å²) in [6.07, 6.45) is 1.78. The largest absolute Gasteiger partial charge is 0.493 e. The Kier molecular flexibility index (Phi) is 3.45. The van der Waals surface area contributed by atoms with E-state index >= 15 is 0 Å². The van der Waals surface area contributed by atoms with Crippen LogP contribution in [0.2, 0.25) is 5.02 Å². The molecule has 1 aliphatic heterocycles. The van der Waals surface area contributed by atoms with Gasteiger partial charge in [0.05, 0.1) is 17.2 Å². The summed E-state index contributed by atoms with van der Waals surface area (Å²) in [4.78, 5) is 12.4. The van der Waals surface area contributed by atoms with E-state index in [0.29, 0.717) is 12.2 Å². The molecule has 102 valence electrons. The lowest BCUT2D eigenvalue weighted by atomic mass is 9.98. The summed E-state index contributed by atoms with van der Waals surface area (Å²) >= 11 is 5.93. The van der Waals surface area contributed by atoms with Crippen LogP contribution in [-0.4, -0.2) is 12.4 Å². The normalized spacial score (nSPS) is 13.5. The summed E-state index contributed by atoms with van der Waals surface area (Å²) in [7, 11) is 0. The molecule has 0 spiro atoms. The molecule has 0 aliphatic carbocycles. The smallest absolute Gasteiger partial charge is 0.197 e. The predicted molar refractivity (Wildman–Crippen MR) is 75.1 cm³/mol. The third-order valence-electron chi connectivity index (χ3n) is 3.36. The first-order valence-corrected chi connectivity index (χ1v) is 6.79. The van der Waals surface area contributed by atoms with Gasteiger partial charge in [0.2, 0.25) is 0 Å². The van der Waals surface area contributed by atoms with Gasteiger partial charge in [-0.2, -0.15) is 0 Å². The molecular weight excluding hydrogens is 279 g/mol. The maximum atomic E-state index is 13.8. The monoisotopic (exact) mass is 290 g/mol. The molecule has 1 aliphatic rings. The standard InChI is InChI=1S/C16H12ClFO2/c17-12-4-1-5-13(18)15(12)16(19)11-6-7-14-10(9-11)3-2-8-20-14/h1,4-7,9H,2-3,8H2. The lowest BCUT2D eigenvalue weighted by Crippen LogP contribution is -2.11.